The van der Waals surface area contributed by atoms with Crippen molar-refractivity contribution < 1.29 is 4.74 Å². The van der Waals surface area contributed by atoms with Crippen LogP contribution in [0.25, 0.3) is 0 Å². The van der Waals surface area contributed by atoms with Gasteiger partial charge in [0.15, 0.2) is 0 Å². The number of benzene rings is 1. The van der Waals surface area contributed by atoms with E-state index in [0.717, 1.165) is 31.2 Å². The number of fused-ring (bicyclic) bond motifs is 1. The van der Waals surface area contributed by atoms with Crippen molar-refractivity contribution in [3.8, 4) is 5.75 Å². The Morgan fingerprint density at radius 1 is 1.35 bits per heavy atom. The molecule has 17 heavy (non-hydrogen) atoms. The molecule has 1 fully saturated rings. The zero-order valence-electron chi connectivity index (χ0n) is 10.6. The van der Waals surface area contributed by atoms with Gasteiger partial charge in [-0.05, 0) is 41.8 Å². The van der Waals surface area contributed by atoms with Gasteiger partial charge < -0.3 is 10.5 Å². The van der Waals surface area contributed by atoms with Crippen molar-refractivity contribution in [3.63, 3.8) is 0 Å². The van der Waals surface area contributed by atoms with Crippen molar-refractivity contribution in [2.24, 2.45) is 28.9 Å². The molecule has 1 aliphatic heterocycles. The maximum atomic E-state index is 5.88. The number of ether oxygens (including phenoxy) is 1. The van der Waals surface area contributed by atoms with Gasteiger partial charge in [-0.25, -0.2) is 0 Å². The standard InChI is InChI=1S/C15H21NO/c1-15(2)12(8-16)14(15)11-7-10-5-3-4-6-13(10)17-9-11/h3-6,11-12,14H,7-9,16H2,1-2H3/t11?,12-,14-/m1/s1. The molecule has 2 N–H and O–H groups in total. The lowest BCUT2D eigenvalue weighted by atomic mass is 9.89. The van der Waals surface area contributed by atoms with Crippen LogP contribution in [-0.4, -0.2) is 13.2 Å². The van der Waals surface area contributed by atoms with Gasteiger partial charge in [0.25, 0.3) is 0 Å². The second-order valence-corrected chi connectivity index (χ2v) is 6.07. The Morgan fingerprint density at radius 2 is 2.12 bits per heavy atom. The van der Waals surface area contributed by atoms with Gasteiger partial charge in [0.2, 0.25) is 0 Å². The average molecular weight is 231 g/mol. The van der Waals surface area contributed by atoms with Gasteiger partial charge in [-0.1, -0.05) is 32.0 Å². The second-order valence-electron chi connectivity index (χ2n) is 6.07. The van der Waals surface area contributed by atoms with Crippen LogP contribution < -0.4 is 10.5 Å². The first-order valence-electron chi connectivity index (χ1n) is 6.55. The van der Waals surface area contributed by atoms with Gasteiger partial charge in [-0.2, -0.15) is 0 Å². The molecular weight excluding hydrogens is 210 g/mol. The summed E-state index contributed by atoms with van der Waals surface area (Å²) >= 11 is 0. The van der Waals surface area contributed by atoms with Crippen LogP contribution in [0.5, 0.6) is 5.75 Å². The fourth-order valence-electron chi connectivity index (χ4n) is 3.75. The lowest BCUT2D eigenvalue weighted by molar-refractivity contribution is 0.191. The molecule has 0 saturated heterocycles. The van der Waals surface area contributed by atoms with Crippen molar-refractivity contribution in [1.82, 2.24) is 0 Å². The van der Waals surface area contributed by atoms with Crippen LogP contribution >= 0.6 is 0 Å². The first-order chi connectivity index (χ1) is 8.14. The lowest BCUT2D eigenvalue weighted by Gasteiger charge is -2.26. The van der Waals surface area contributed by atoms with Gasteiger partial charge in [-0.15, -0.1) is 0 Å². The quantitative estimate of drug-likeness (QED) is 0.848. The smallest absolute Gasteiger partial charge is 0.122 e. The highest BCUT2D eigenvalue weighted by Crippen LogP contribution is 2.62. The first-order valence-corrected chi connectivity index (χ1v) is 6.55. The van der Waals surface area contributed by atoms with E-state index in [2.05, 4.69) is 32.0 Å². The highest BCUT2D eigenvalue weighted by Gasteiger charge is 2.59. The second kappa shape index (κ2) is 3.74. The van der Waals surface area contributed by atoms with E-state index < -0.39 is 0 Å². The van der Waals surface area contributed by atoms with E-state index in [1.165, 1.54) is 5.56 Å². The zero-order chi connectivity index (χ0) is 12.0. The number of nitrogens with two attached hydrogens (primary N) is 1. The van der Waals surface area contributed by atoms with Gasteiger partial charge in [-0.3, -0.25) is 0 Å². The van der Waals surface area contributed by atoms with Crippen molar-refractivity contribution >= 4 is 0 Å². The van der Waals surface area contributed by atoms with E-state index in [0.29, 0.717) is 17.3 Å². The Balaban J connectivity index is 1.77. The summed E-state index contributed by atoms with van der Waals surface area (Å²) in [6.07, 6.45) is 1.15. The monoisotopic (exact) mass is 231 g/mol. The average Bonchev–Trinajstić information content (AvgIpc) is 2.90. The summed E-state index contributed by atoms with van der Waals surface area (Å²) in [5, 5.41) is 0. The third-order valence-corrected chi connectivity index (χ3v) is 4.81. The minimum absolute atomic E-state index is 0.412. The minimum Gasteiger partial charge on any atom is -0.493 e. The Kier molecular flexibility index (Phi) is 2.44. The predicted molar refractivity (Wildman–Crippen MR) is 68.9 cm³/mol. The van der Waals surface area contributed by atoms with Crippen molar-refractivity contribution in [3.05, 3.63) is 29.8 Å². The number of rotatable bonds is 2. The van der Waals surface area contributed by atoms with Crippen LogP contribution in [0.3, 0.4) is 0 Å². The molecule has 1 aromatic carbocycles. The summed E-state index contributed by atoms with van der Waals surface area (Å²) in [6.45, 7) is 6.36. The largest absolute Gasteiger partial charge is 0.493 e. The molecule has 0 aromatic heterocycles. The summed E-state index contributed by atoms with van der Waals surface area (Å²) in [4.78, 5) is 0. The van der Waals surface area contributed by atoms with Crippen molar-refractivity contribution in [2.45, 2.75) is 20.3 Å². The first kappa shape index (κ1) is 11.1. The van der Waals surface area contributed by atoms with Crippen LogP contribution in [0.2, 0.25) is 0 Å². The summed E-state index contributed by atoms with van der Waals surface area (Å²) in [7, 11) is 0. The Morgan fingerprint density at radius 3 is 2.82 bits per heavy atom. The molecule has 1 unspecified atom stereocenters. The summed E-state index contributed by atoms with van der Waals surface area (Å²) in [5.41, 5.74) is 7.64. The molecule has 0 bridgehead atoms. The van der Waals surface area contributed by atoms with E-state index in [1.807, 2.05) is 6.07 Å². The predicted octanol–water partition coefficient (Wildman–Crippen LogP) is 2.47. The third-order valence-electron chi connectivity index (χ3n) is 4.81. The van der Waals surface area contributed by atoms with Crippen LogP contribution in [-0.2, 0) is 6.42 Å². The van der Waals surface area contributed by atoms with Crippen molar-refractivity contribution in [2.75, 3.05) is 13.2 Å². The van der Waals surface area contributed by atoms with Crippen molar-refractivity contribution in [1.29, 1.82) is 0 Å². The maximum Gasteiger partial charge on any atom is 0.122 e. The normalized spacial score (nSPS) is 33.7. The molecule has 3 rings (SSSR count). The van der Waals surface area contributed by atoms with E-state index in [4.69, 9.17) is 10.5 Å². The number of hydrogen-bond donors (Lipinski definition) is 1. The summed E-state index contributed by atoms with van der Waals surface area (Å²) < 4.78 is 5.88. The van der Waals surface area contributed by atoms with Crippen LogP contribution in [0, 0.1) is 23.2 Å². The Bertz CT molecular complexity index is 427. The Labute approximate surface area is 103 Å². The molecular formula is C15H21NO. The van der Waals surface area contributed by atoms with E-state index in [-0.39, 0.29) is 0 Å². The topological polar surface area (TPSA) is 35.2 Å². The molecule has 0 radical (unpaired) electrons. The molecule has 92 valence electrons. The highest BCUT2D eigenvalue weighted by atomic mass is 16.5. The van der Waals surface area contributed by atoms with E-state index in [1.54, 1.807) is 0 Å². The molecule has 0 amide bonds. The molecule has 1 aliphatic carbocycles. The molecule has 1 saturated carbocycles. The molecule has 3 atom stereocenters. The molecule has 2 aliphatic rings. The number of hydrogen-bond acceptors (Lipinski definition) is 2. The molecule has 1 heterocycles. The molecule has 2 heteroatoms. The Hall–Kier alpha value is -1.02. The fraction of sp³-hybridized carbons (Fsp3) is 0.600. The highest BCUT2D eigenvalue weighted by molar-refractivity contribution is 5.35. The maximum absolute atomic E-state index is 5.88. The summed E-state index contributed by atoms with van der Waals surface area (Å²) in [5.74, 6) is 3.14. The van der Waals surface area contributed by atoms with Crippen LogP contribution in [0.4, 0.5) is 0 Å². The van der Waals surface area contributed by atoms with Crippen LogP contribution in [0.1, 0.15) is 19.4 Å². The molecule has 1 aromatic rings. The molecule has 0 spiro atoms. The van der Waals surface area contributed by atoms with Gasteiger partial charge in [0.1, 0.15) is 5.75 Å². The van der Waals surface area contributed by atoms with Gasteiger partial charge in [0.05, 0.1) is 6.61 Å². The van der Waals surface area contributed by atoms with Gasteiger partial charge in [0, 0.05) is 5.92 Å². The minimum atomic E-state index is 0.412. The van der Waals surface area contributed by atoms with E-state index in [9.17, 15) is 0 Å². The van der Waals surface area contributed by atoms with E-state index >= 15 is 0 Å². The van der Waals surface area contributed by atoms with Crippen LogP contribution in [0.15, 0.2) is 24.3 Å². The molecule has 2 nitrogen and oxygen atoms in total. The third kappa shape index (κ3) is 1.66. The number of para-hydroxylation sites is 1. The summed E-state index contributed by atoms with van der Waals surface area (Å²) in [6, 6.07) is 8.41. The van der Waals surface area contributed by atoms with Gasteiger partial charge >= 0.3 is 0 Å². The zero-order valence-corrected chi connectivity index (χ0v) is 10.6. The SMILES string of the molecule is CC1(C)[C@H](CN)[C@H]1C1COc2ccccc2C1. The fourth-order valence-corrected chi connectivity index (χ4v) is 3.75. The lowest BCUT2D eigenvalue weighted by Crippen LogP contribution is -2.24.